The van der Waals surface area contributed by atoms with Crippen molar-refractivity contribution in [2.24, 2.45) is 0 Å². The lowest BCUT2D eigenvalue weighted by Crippen LogP contribution is -2.03. The van der Waals surface area contributed by atoms with Crippen molar-refractivity contribution in [3.8, 4) is 23.0 Å². The van der Waals surface area contributed by atoms with E-state index in [0.29, 0.717) is 23.0 Å². The molecule has 0 amide bonds. The maximum absolute atomic E-state index is 12.1. The Labute approximate surface area is 159 Å². The Kier molecular flexibility index (Phi) is 7.11. The van der Waals surface area contributed by atoms with Gasteiger partial charge >= 0.3 is 5.97 Å². The van der Waals surface area contributed by atoms with Crippen molar-refractivity contribution in [1.29, 1.82) is 0 Å². The first-order chi connectivity index (χ1) is 13.0. The number of para-hydroxylation sites is 1. The molecule has 0 aliphatic carbocycles. The zero-order valence-electron chi connectivity index (χ0n) is 16.2. The highest BCUT2D eigenvalue weighted by atomic mass is 16.5. The third kappa shape index (κ3) is 4.94. The van der Waals surface area contributed by atoms with E-state index in [1.807, 2.05) is 25.1 Å². The zero-order valence-corrected chi connectivity index (χ0v) is 16.2. The quantitative estimate of drug-likeness (QED) is 0.519. The predicted molar refractivity (Wildman–Crippen MR) is 103 cm³/mol. The summed E-state index contributed by atoms with van der Waals surface area (Å²) >= 11 is 0. The number of benzene rings is 2. The fourth-order valence-electron chi connectivity index (χ4n) is 2.58. The fourth-order valence-corrected chi connectivity index (χ4v) is 2.58. The Morgan fingerprint density at radius 3 is 2.22 bits per heavy atom. The maximum Gasteiger partial charge on any atom is 0.331 e. The SMILES string of the molecule is COc1cc(C)c(COC(=O)/C=C/c2cccc(OC)c2OC)cc1OC. The van der Waals surface area contributed by atoms with E-state index in [4.69, 9.17) is 23.7 Å². The Morgan fingerprint density at radius 1 is 0.926 bits per heavy atom. The molecule has 2 aromatic carbocycles. The number of ether oxygens (including phenoxy) is 5. The normalized spacial score (nSPS) is 10.6. The lowest BCUT2D eigenvalue weighted by Gasteiger charge is -2.12. The minimum absolute atomic E-state index is 0.130. The Hall–Kier alpha value is -3.15. The molecule has 0 atom stereocenters. The minimum atomic E-state index is -0.464. The van der Waals surface area contributed by atoms with E-state index >= 15 is 0 Å². The van der Waals surface area contributed by atoms with Gasteiger partial charge in [-0.2, -0.15) is 0 Å². The topological polar surface area (TPSA) is 63.2 Å². The van der Waals surface area contributed by atoms with E-state index in [1.54, 1.807) is 46.6 Å². The van der Waals surface area contributed by atoms with Crippen molar-refractivity contribution in [3.63, 3.8) is 0 Å². The number of methoxy groups -OCH3 is 4. The van der Waals surface area contributed by atoms with E-state index in [0.717, 1.165) is 16.7 Å². The van der Waals surface area contributed by atoms with Crippen LogP contribution < -0.4 is 18.9 Å². The van der Waals surface area contributed by atoms with Crippen LogP contribution in [0, 0.1) is 6.92 Å². The van der Waals surface area contributed by atoms with Crippen LogP contribution in [0.2, 0.25) is 0 Å². The molecule has 144 valence electrons. The van der Waals surface area contributed by atoms with Crippen molar-refractivity contribution >= 4 is 12.0 Å². The van der Waals surface area contributed by atoms with Crippen LogP contribution in [0.3, 0.4) is 0 Å². The van der Waals surface area contributed by atoms with E-state index in [1.165, 1.54) is 6.08 Å². The second kappa shape index (κ2) is 9.52. The molecule has 0 N–H and O–H groups in total. The minimum Gasteiger partial charge on any atom is -0.493 e. The van der Waals surface area contributed by atoms with E-state index in [2.05, 4.69) is 0 Å². The number of hydrogen-bond donors (Lipinski definition) is 0. The highest BCUT2D eigenvalue weighted by Crippen LogP contribution is 2.32. The van der Waals surface area contributed by atoms with Crippen LogP contribution in [0.4, 0.5) is 0 Å². The first-order valence-corrected chi connectivity index (χ1v) is 8.31. The number of hydrogen-bond acceptors (Lipinski definition) is 6. The molecule has 0 saturated heterocycles. The molecule has 0 aliphatic heterocycles. The molecule has 2 aromatic rings. The number of aryl methyl sites for hydroxylation is 1. The molecule has 6 nitrogen and oxygen atoms in total. The van der Waals surface area contributed by atoms with Crippen molar-refractivity contribution in [2.75, 3.05) is 28.4 Å². The van der Waals surface area contributed by atoms with E-state index in [9.17, 15) is 4.79 Å². The van der Waals surface area contributed by atoms with E-state index < -0.39 is 5.97 Å². The first kappa shape index (κ1) is 20.2. The van der Waals surface area contributed by atoms with Crippen LogP contribution in [0.1, 0.15) is 16.7 Å². The Balaban J connectivity index is 2.08. The van der Waals surface area contributed by atoms with Crippen LogP contribution in [-0.4, -0.2) is 34.4 Å². The van der Waals surface area contributed by atoms with E-state index in [-0.39, 0.29) is 6.61 Å². The summed E-state index contributed by atoms with van der Waals surface area (Å²) in [6, 6.07) is 9.08. The fraction of sp³-hybridized carbons (Fsp3) is 0.286. The molecule has 2 rings (SSSR count). The van der Waals surface area contributed by atoms with Crippen molar-refractivity contribution in [2.45, 2.75) is 13.5 Å². The van der Waals surface area contributed by atoms with Gasteiger partial charge in [0.1, 0.15) is 6.61 Å². The van der Waals surface area contributed by atoms with Gasteiger partial charge in [-0.1, -0.05) is 12.1 Å². The zero-order chi connectivity index (χ0) is 19.8. The second-order valence-corrected chi connectivity index (χ2v) is 5.66. The third-order valence-corrected chi connectivity index (χ3v) is 4.04. The lowest BCUT2D eigenvalue weighted by atomic mass is 10.1. The first-order valence-electron chi connectivity index (χ1n) is 8.31. The molecule has 0 unspecified atom stereocenters. The summed E-state index contributed by atoms with van der Waals surface area (Å²) in [4.78, 5) is 12.1. The number of carbonyl (C=O) groups excluding carboxylic acids is 1. The maximum atomic E-state index is 12.1. The average Bonchev–Trinajstić information content (AvgIpc) is 2.70. The van der Waals surface area contributed by atoms with Gasteiger partial charge < -0.3 is 23.7 Å². The summed E-state index contributed by atoms with van der Waals surface area (Å²) in [7, 11) is 6.25. The van der Waals surface area contributed by atoms with Crippen LogP contribution in [0.25, 0.3) is 6.08 Å². The summed E-state index contributed by atoms with van der Waals surface area (Å²) in [5, 5.41) is 0. The van der Waals surface area contributed by atoms with Gasteiger partial charge in [-0.05, 0) is 42.3 Å². The summed E-state index contributed by atoms with van der Waals surface area (Å²) in [6.45, 7) is 2.05. The van der Waals surface area contributed by atoms with Gasteiger partial charge in [0, 0.05) is 11.6 Å². The Bertz CT molecular complexity index is 826. The van der Waals surface area contributed by atoms with Gasteiger partial charge in [0.2, 0.25) is 0 Å². The molecule has 0 heterocycles. The molecule has 0 fully saturated rings. The second-order valence-electron chi connectivity index (χ2n) is 5.66. The van der Waals surface area contributed by atoms with Crippen molar-refractivity contribution in [1.82, 2.24) is 0 Å². The lowest BCUT2D eigenvalue weighted by molar-refractivity contribution is -0.138. The highest BCUT2D eigenvalue weighted by Gasteiger charge is 2.11. The number of rotatable bonds is 8. The molecule has 0 saturated carbocycles. The van der Waals surface area contributed by atoms with Gasteiger partial charge in [-0.15, -0.1) is 0 Å². The standard InChI is InChI=1S/C21H24O6/c1-14-11-18(24-3)19(25-4)12-16(14)13-27-20(22)10-9-15-7-6-8-17(23-2)21(15)26-5/h6-12H,13H2,1-5H3/b10-9+. The van der Waals surface area contributed by atoms with Crippen LogP contribution in [-0.2, 0) is 16.1 Å². The molecular formula is C21H24O6. The largest absolute Gasteiger partial charge is 0.493 e. The molecule has 0 radical (unpaired) electrons. The monoisotopic (exact) mass is 372 g/mol. The van der Waals surface area contributed by atoms with Gasteiger partial charge in [-0.3, -0.25) is 0 Å². The molecule has 0 bridgehead atoms. The Morgan fingerprint density at radius 2 is 1.59 bits per heavy atom. The van der Waals surface area contributed by atoms with Gasteiger partial charge in [0.25, 0.3) is 0 Å². The molecule has 6 heteroatoms. The highest BCUT2D eigenvalue weighted by molar-refractivity contribution is 5.87. The number of esters is 1. The van der Waals surface area contributed by atoms with Crippen molar-refractivity contribution in [3.05, 3.63) is 53.1 Å². The molecule has 27 heavy (non-hydrogen) atoms. The average molecular weight is 372 g/mol. The smallest absolute Gasteiger partial charge is 0.331 e. The van der Waals surface area contributed by atoms with Gasteiger partial charge in [0.15, 0.2) is 23.0 Å². The summed E-state index contributed by atoms with van der Waals surface area (Å²) in [6.07, 6.45) is 2.98. The van der Waals surface area contributed by atoms with Crippen molar-refractivity contribution < 1.29 is 28.5 Å². The summed E-state index contributed by atoms with van der Waals surface area (Å²) in [5.74, 6) is 1.91. The van der Waals surface area contributed by atoms with Gasteiger partial charge in [-0.25, -0.2) is 4.79 Å². The molecule has 0 aliphatic rings. The predicted octanol–water partition coefficient (Wildman–Crippen LogP) is 3.79. The van der Waals surface area contributed by atoms with Gasteiger partial charge in [0.05, 0.1) is 28.4 Å². The van der Waals surface area contributed by atoms with Crippen LogP contribution >= 0.6 is 0 Å². The molecule has 0 spiro atoms. The third-order valence-electron chi connectivity index (χ3n) is 4.04. The number of carbonyl (C=O) groups is 1. The summed E-state index contributed by atoms with van der Waals surface area (Å²) in [5.41, 5.74) is 2.50. The molecular weight excluding hydrogens is 348 g/mol. The molecule has 0 aromatic heterocycles. The van der Waals surface area contributed by atoms with Crippen LogP contribution in [0.5, 0.6) is 23.0 Å². The summed E-state index contributed by atoms with van der Waals surface area (Å²) < 4.78 is 26.5. The van der Waals surface area contributed by atoms with Crippen LogP contribution in [0.15, 0.2) is 36.4 Å².